The van der Waals surface area contributed by atoms with Gasteiger partial charge in [-0.25, -0.2) is 0 Å². The highest BCUT2D eigenvalue weighted by Gasteiger charge is 2.21. The lowest BCUT2D eigenvalue weighted by Gasteiger charge is -2.34. The molecule has 1 aliphatic heterocycles. The minimum Gasteiger partial charge on any atom is -0.360 e. The van der Waals surface area contributed by atoms with E-state index in [0.29, 0.717) is 0 Å². The van der Waals surface area contributed by atoms with Gasteiger partial charge >= 0.3 is 0 Å². The van der Waals surface area contributed by atoms with Crippen LogP contribution >= 0.6 is 11.6 Å². The molecule has 2 nitrogen and oxygen atoms in total. The molecule has 0 bridgehead atoms. The van der Waals surface area contributed by atoms with Gasteiger partial charge in [-0.1, -0.05) is 66.2 Å². The lowest BCUT2D eigenvalue weighted by Crippen LogP contribution is -3.13. The topological polar surface area (TPSA) is 7.68 Å². The van der Waals surface area contributed by atoms with E-state index < -0.39 is 0 Å². The molecule has 1 saturated heterocycles. The molecular weight excluding hydrogens is 388 g/mol. The molecule has 1 heterocycles. The predicted octanol–water partition coefficient (Wildman–Crippen LogP) is 5.14. The summed E-state index contributed by atoms with van der Waals surface area (Å²) in [6.07, 6.45) is 0. The Balaban J connectivity index is 1.29. The second kappa shape index (κ2) is 7.16. The zero-order valence-corrected chi connectivity index (χ0v) is 17.6. The maximum Gasteiger partial charge on any atom is 0.104 e. The number of nitrogens with zero attached hydrogens (tertiary/aromatic N) is 1. The summed E-state index contributed by atoms with van der Waals surface area (Å²) in [5, 5.41) is 9.10. The average Bonchev–Trinajstić information content (AvgIpc) is 2.79. The molecule has 148 valence electrons. The van der Waals surface area contributed by atoms with E-state index in [1.807, 2.05) is 12.1 Å². The molecule has 6 rings (SSSR count). The Morgan fingerprint density at radius 1 is 0.700 bits per heavy atom. The van der Waals surface area contributed by atoms with Crippen molar-refractivity contribution >= 4 is 49.6 Å². The van der Waals surface area contributed by atoms with E-state index in [9.17, 15) is 0 Å². The van der Waals surface area contributed by atoms with Crippen molar-refractivity contribution in [1.82, 2.24) is 0 Å². The molecular formula is C27H24ClN2+. The van der Waals surface area contributed by atoms with Crippen molar-refractivity contribution in [2.45, 2.75) is 6.54 Å². The molecule has 0 radical (unpaired) electrons. The largest absolute Gasteiger partial charge is 0.360 e. The number of anilines is 1. The first kappa shape index (κ1) is 18.0. The Morgan fingerprint density at radius 3 is 2.07 bits per heavy atom. The first-order valence-electron chi connectivity index (χ1n) is 10.8. The Bertz CT molecular complexity index is 1320. The second-order valence-corrected chi connectivity index (χ2v) is 8.91. The number of nitrogens with one attached hydrogen (secondary N) is 1. The minimum atomic E-state index is 0.803. The van der Waals surface area contributed by atoms with E-state index in [2.05, 4.69) is 71.6 Å². The number of piperazine rings is 1. The zero-order valence-electron chi connectivity index (χ0n) is 16.9. The summed E-state index contributed by atoms with van der Waals surface area (Å²) in [5.74, 6) is 0. The van der Waals surface area contributed by atoms with Crippen molar-refractivity contribution in [1.29, 1.82) is 0 Å². The first-order chi connectivity index (χ1) is 14.8. The van der Waals surface area contributed by atoms with Crippen LogP contribution in [-0.2, 0) is 6.54 Å². The lowest BCUT2D eigenvalue weighted by molar-refractivity contribution is -0.914. The van der Waals surface area contributed by atoms with E-state index >= 15 is 0 Å². The third-order valence-corrected chi connectivity index (χ3v) is 6.97. The molecule has 1 aliphatic rings. The van der Waals surface area contributed by atoms with E-state index in [4.69, 9.17) is 11.6 Å². The van der Waals surface area contributed by atoms with Gasteiger partial charge in [-0.2, -0.15) is 0 Å². The normalized spacial score (nSPS) is 15.6. The zero-order chi connectivity index (χ0) is 20.1. The maximum atomic E-state index is 6.05. The fourth-order valence-electron chi connectivity index (χ4n) is 5.13. The summed E-state index contributed by atoms with van der Waals surface area (Å²) >= 11 is 6.05. The summed E-state index contributed by atoms with van der Waals surface area (Å²) in [7, 11) is 0. The quantitative estimate of drug-likeness (QED) is 0.404. The molecule has 5 aromatic carbocycles. The lowest BCUT2D eigenvalue weighted by atomic mass is 9.92. The van der Waals surface area contributed by atoms with Gasteiger partial charge in [0.2, 0.25) is 0 Å². The third kappa shape index (κ3) is 2.99. The monoisotopic (exact) mass is 411 g/mol. The number of quaternary nitrogens is 1. The molecule has 5 aromatic rings. The molecule has 3 heteroatoms. The van der Waals surface area contributed by atoms with Crippen LogP contribution in [0, 0.1) is 0 Å². The van der Waals surface area contributed by atoms with Crippen LogP contribution < -0.4 is 9.80 Å². The molecule has 1 fully saturated rings. The summed E-state index contributed by atoms with van der Waals surface area (Å²) < 4.78 is 0. The smallest absolute Gasteiger partial charge is 0.104 e. The van der Waals surface area contributed by atoms with Crippen LogP contribution in [0.4, 0.5) is 5.69 Å². The summed E-state index contributed by atoms with van der Waals surface area (Å²) in [6.45, 7) is 5.57. The third-order valence-electron chi connectivity index (χ3n) is 6.72. The predicted molar refractivity (Wildman–Crippen MR) is 128 cm³/mol. The van der Waals surface area contributed by atoms with Crippen LogP contribution in [0.2, 0.25) is 5.02 Å². The number of hydrogen-bond donors (Lipinski definition) is 1. The fraction of sp³-hybridized carbons (Fsp3) is 0.185. The van der Waals surface area contributed by atoms with Gasteiger partial charge in [-0.15, -0.1) is 0 Å². The van der Waals surface area contributed by atoms with Gasteiger partial charge in [0.25, 0.3) is 0 Å². The maximum absolute atomic E-state index is 6.05. The molecule has 0 spiro atoms. The van der Waals surface area contributed by atoms with Crippen LogP contribution in [0.3, 0.4) is 0 Å². The second-order valence-electron chi connectivity index (χ2n) is 8.47. The van der Waals surface area contributed by atoms with Gasteiger partial charge in [-0.3, -0.25) is 0 Å². The number of rotatable bonds is 3. The molecule has 0 amide bonds. The van der Waals surface area contributed by atoms with E-state index in [1.165, 1.54) is 43.6 Å². The Morgan fingerprint density at radius 2 is 1.33 bits per heavy atom. The molecule has 0 atom stereocenters. The van der Waals surface area contributed by atoms with Gasteiger partial charge in [0, 0.05) is 16.3 Å². The van der Waals surface area contributed by atoms with E-state index in [0.717, 1.165) is 37.7 Å². The van der Waals surface area contributed by atoms with Crippen molar-refractivity contribution in [3.8, 4) is 0 Å². The van der Waals surface area contributed by atoms with Crippen LogP contribution in [0.25, 0.3) is 32.3 Å². The number of hydrogen-bond acceptors (Lipinski definition) is 1. The Hall–Kier alpha value is -2.81. The van der Waals surface area contributed by atoms with Gasteiger partial charge in [-0.05, 0) is 56.6 Å². The molecule has 0 saturated carbocycles. The van der Waals surface area contributed by atoms with Crippen molar-refractivity contribution in [2.24, 2.45) is 0 Å². The summed E-state index contributed by atoms with van der Waals surface area (Å²) in [4.78, 5) is 4.14. The van der Waals surface area contributed by atoms with Crippen LogP contribution in [0.1, 0.15) is 5.56 Å². The van der Waals surface area contributed by atoms with Gasteiger partial charge < -0.3 is 9.80 Å². The first-order valence-corrected chi connectivity index (χ1v) is 11.1. The van der Waals surface area contributed by atoms with Crippen molar-refractivity contribution in [3.63, 3.8) is 0 Å². The fourth-order valence-corrected chi connectivity index (χ4v) is 5.26. The van der Waals surface area contributed by atoms with E-state index in [1.54, 1.807) is 4.90 Å². The highest BCUT2D eigenvalue weighted by molar-refractivity contribution is 6.30. The van der Waals surface area contributed by atoms with Crippen molar-refractivity contribution < 1.29 is 4.90 Å². The van der Waals surface area contributed by atoms with Crippen LogP contribution in [0.15, 0.2) is 78.9 Å². The van der Waals surface area contributed by atoms with Crippen LogP contribution in [0.5, 0.6) is 0 Å². The summed E-state index contributed by atoms with van der Waals surface area (Å²) in [6, 6.07) is 28.7. The van der Waals surface area contributed by atoms with Crippen molar-refractivity contribution in [2.75, 3.05) is 31.1 Å². The van der Waals surface area contributed by atoms with Crippen LogP contribution in [-0.4, -0.2) is 26.2 Å². The van der Waals surface area contributed by atoms with Gasteiger partial charge in [0.15, 0.2) is 0 Å². The van der Waals surface area contributed by atoms with E-state index in [-0.39, 0.29) is 0 Å². The van der Waals surface area contributed by atoms with Crippen molar-refractivity contribution in [3.05, 3.63) is 89.4 Å². The molecule has 1 N–H and O–H groups in total. The SMILES string of the molecule is Clc1ccc(N2CC[NH+](Cc3ccc4ccc5cccc6ccc3c4c56)CC2)cc1. The minimum absolute atomic E-state index is 0.803. The standard InChI is InChI=1S/C27H23ClN2/c28-23-9-11-24(12-10-23)30-16-14-29(15-17-30)18-22-7-6-21-5-4-19-2-1-3-20-8-13-25(22)27(21)26(19)20/h1-13H,14-18H2/p+1. The number of halogens is 1. The Labute approximate surface area is 181 Å². The average molecular weight is 412 g/mol. The highest BCUT2D eigenvalue weighted by atomic mass is 35.5. The Kier molecular flexibility index (Phi) is 4.29. The number of benzene rings is 5. The van der Waals surface area contributed by atoms with Gasteiger partial charge in [0.05, 0.1) is 26.2 Å². The molecule has 0 aliphatic carbocycles. The summed E-state index contributed by atoms with van der Waals surface area (Å²) in [5.41, 5.74) is 2.75. The molecule has 30 heavy (non-hydrogen) atoms. The van der Waals surface area contributed by atoms with Gasteiger partial charge in [0.1, 0.15) is 6.54 Å². The molecule has 0 unspecified atom stereocenters. The molecule has 0 aromatic heterocycles. The highest BCUT2D eigenvalue weighted by Crippen LogP contribution is 2.35.